The van der Waals surface area contributed by atoms with Crippen LogP contribution < -0.4 is 15.8 Å². The van der Waals surface area contributed by atoms with Gasteiger partial charge in [-0.15, -0.1) is 0 Å². The molecule has 0 amide bonds. The number of nitrogens with one attached hydrogen (secondary N) is 2. The lowest BCUT2D eigenvalue weighted by atomic mass is 10.1. The molecule has 7 N–H and O–H groups in total. The number of rotatable bonds is 7. The van der Waals surface area contributed by atoms with Crippen molar-refractivity contribution in [2.45, 2.75) is 13.3 Å². The third kappa shape index (κ3) is 15.7. The molecule has 0 atom stereocenters. The maximum Gasteiger partial charge on any atom is 0.466 e. The Labute approximate surface area is 136 Å². The van der Waals surface area contributed by atoms with Crippen LogP contribution >= 0.6 is 7.82 Å². The number of nitrogens with two attached hydrogens (primary N) is 1. The summed E-state index contributed by atoms with van der Waals surface area (Å²) in [5, 5.41) is 3.18. The van der Waals surface area contributed by atoms with Crippen LogP contribution in [0.3, 0.4) is 0 Å². The third-order valence-corrected chi connectivity index (χ3v) is 3.32. The van der Waals surface area contributed by atoms with Gasteiger partial charge in [-0.05, 0) is 37.1 Å². The molecule has 0 bridgehead atoms. The Morgan fingerprint density at radius 2 is 1.74 bits per heavy atom. The second kappa shape index (κ2) is 9.99. The molecule has 0 radical (unpaired) electrons. The Morgan fingerprint density at radius 3 is 2.22 bits per heavy atom. The lowest BCUT2D eigenvalue weighted by Crippen LogP contribution is -2.31. The van der Waals surface area contributed by atoms with Crippen LogP contribution in [0.2, 0.25) is 0 Å². The molecule has 0 saturated carbocycles. The van der Waals surface area contributed by atoms with E-state index in [1.165, 1.54) is 5.56 Å². The molecule has 1 rings (SSSR count). The number of aryl methyl sites for hydroxylation is 1. The predicted molar refractivity (Wildman–Crippen MR) is 89.3 cm³/mol. The van der Waals surface area contributed by atoms with Gasteiger partial charge in [-0.3, -0.25) is 0 Å². The summed E-state index contributed by atoms with van der Waals surface area (Å²) in [5.74, 6) is 0. The van der Waals surface area contributed by atoms with E-state index in [9.17, 15) is 8.42 Å². The molecular weight excluding hydrogens is 345 g/mol. The van der Waals surface area contributed by atoms with Crippen molar-refractivity contribution >= 4 is 23.5 Å². The van der Waals surface area contributed by atoms with E-state index in [-0.39, 0.29) is 0 Å². The van der Waals surface area contributed by atoms with Gasteiger partial charge in [0.15, 0.2) is 0 Å². The maximum atomic E-state index is 10.8. The highest BCUT2D eigenvalue weighted by atomic mass is 32.2. The minimum atomic E-state index is -4.64. The predicted octanol–water partition coefficient (Wildman–Crippen LogP) is -0.670. The van der Waals surface area contributed by atoms with Crippen molar-refractivity contribution < 1.29 is 27.7 Å². The SMILES string of the molecule is Cc1cc(CCNCCNS(C)(=O)=O)ccc1N.O=P(O)(O)O. The zero-order valence-corrected chi connectivity index (χ0v) is 14.8. The van der Waals surface area contributed by atoms with Crippen LogP contribution in [0.1, 0.15) is 11.1 Å². The van der Waals surface area contributed by atoms with E-state index >= 15 is 0 Å². The molecule has 134 valence electrons. The van der Waals surface area contributed by atoms with Crippen molar-refractivity contribution in [1.29, 1.82) is 0 Å². The summed E-state index contributed by atoms with van der Waals surface area (Å²) in [6.07, 6.45) is 2.06. The van der Waals surface area contributed by atoms with Crippen LogP contribution in [0.4, 0.5) is 5.69 Å². The molecule has 0 saturated heterocycles. The van der Waals surface area contributed by atoms with Crippen molar-refractivity contribution in [3.05, 3.63) is 29.3 Å². The smallest absolute Gasteiger partial charge is 0.399 e. The summed E-state index contributed by atoms with van der Waals surface area (Å²) in [5.41, 5.74) is 8.87. The first-order chi connectivity index (χ1) is 10.4. The minimum Gasteiger partial charge on any atom is -0.399 e. The van der Waals surface area contributed by atoms with Gasteiger partial charge in [0.2, 0.25) is 10.0 Å². The van der Waals surface area contributed by atoms with Crippen LogP contribution in [0.25, 0.3) is 0 Å². The molecule has 0 aliphatic rings. The van der Waals surface area contributed by atoms with Crippen molar-refractivity contribution in [2.24, 2.45) is 0 Å². The fourth-order valence-electron chi connectivity index (χ4n) is 1.58. The summed E-state index contributed by atoms with van der Waals surface area (Å²) < 4.78 is 32.9. The van der Waals surface area contributed by atoms with E-state index in [4.69, 9.17) is 25.0 Å². The van der Waals surface area contributed by atoms with Gasteiger partial charge < -0.3 is 25.7 Å². The first-order valence-corrected chi connectivity index (χ1v) is 10.1. The average molecular weight is 369 g/mol. The van der Waals surface area contributed by atoms with E-state index in [0.717, 1.165) is 30.5 Å². The normalized spacial score (nSPS) is 11.7. The fourth-order valence-corrected chi connectivity index (χ4v) is 2.05. The topological polar surface area (TPSA) is 162 Å². The number of benzene rings is 1. The number of phosphoric acid groups is 1. The molecule has 1 aromatic rings. The van der Waals surface area contributed by atoms with E-state index in [0.29, 0.717) is 13.1 Å². The van der Waals surface area contributed by atoms with Crippen LogP contribution in [-0.2, 0) is 21.0 Å². The summed E-state index contributed by atoms with van der Waals surface area (Å²) in [4.78, 5) is 21.6. The number of sulfonamides is 1. The summed E-state index contributed by atoms with van der Waals surface area (Å²) in [7, 11) is -7.72. The number of hydrogen-bond donors (Lipinski definition) is 6. The van der Waals surface area contributed by atoms with Crippen molar-refractivity contribution in [3.63, 3.8) is 0 Å². The van der Waals surface area contributed by atoms with Crippen LogP contribution in [-0.4, -0.2) is 49.0 Å². The first-order valence-electron chi connectivity index (χ1n) is 6.67. The minimum absolute atomic E-state index is 0.416. The zero-order chi connectivity index (χ0) is 18.1. The van der Waals surface area contributed by atoms with Gasteiger partial charge >= 0.3 is 7.82 Å². The Kier molecular flexibility index (Phi) is 9.55. The average Bonchev–Trinajstić information content (AvgIpc) is 2.34. The van der Waals surface area contributed by atoms with Gasteiger partial charge in [-0.1, -0.05) is 12.1 Å². The Morgan fingerprint density at radius 1 is 1.17 bits per heavy atom. The van der Waals surface area contributed by atoms with Crippen molar-refractivity contribution in [1.82, 2.24) is 10.0 Å². The quantitative estimate of drug-likeness (QED) is 0.209. The lowest BCUT2D eigenvalue weighted by molar-refractivity contribution is 0.275. The van der Waals surface area contributed by atoms with Crippen LogP contribution in [0.15, 0.2) is 18.2 Å². The van der Waals surface area contributed by atoms with E-state index in [1.54, 1.807) is 0 Å². The Balaban J connectivity index is 0.000000841. The molecule has 0 fully saturated rings. The zero-order valence-electron chi connectivity index (χ0n) is 13.1. The van der Waals surface area contributed by atoms with Gasteiger partial charge in [-0.25, -0.2) is 17.7 Å². The van der Waals surface area contributed by atoms with Crippen LogP contribution in [0.5, 0.6) is 0 Å². The highest BCUT2D eigenvalue weighted by molar-refractivity contribution is 7.88. The molecule has 1 aromatic carbocycles. The highest BCUT2D eigenvalue weighted by Crippen LogP contribution is 2.25. The van der Waals surface area contributed by atoms with E-state index in [2.05, 4.69) is 16.1 Å². The molecule has 0 unspecified atom stereocenters. The van der Waals surface area contributed by atoms with Gasteiger partial charge in [0.1, 0.15) is 0 Å². The summed E-state index contributed by atoms with van der Waals surface area (Å²) in [6, 6.07) is 6.00. The van der Waals surface area contributed by atoms with Crippen molar-refractivity contribution in [2.75, 3.05) is 31.6 Å². The van der Waals surface area contributed by atoms with E-state index in [1.807, 2.05) is 19.1 Å². The molecule has 0 aromatic heterocycles. The first kappa shape index (κ1) is 22.0. The molecule has 0 spiro atoms. The van der Waals surface area contributed by atoms with E-state index < -0.39 is 17.8 Å². The van der Waals surface area contributed by atoms with Gasteiger partial charge in [0.25, 0.3) is 0 Å². The number of hydrogen-bond acceptors (Lipinski definition) is 5. The number of anilines is 1. The summed E-state index contributed by atoms with van der Waals surface area (Å²) >= 11 is 0. The second-order valence-corrected chi connectivity index (χ2v) is 7.73. The summed E-state index contributed by atoms with van der Waals surface area (Å²) in [6.45, 7) is 3.84. The maximum absolute atomic E-state index is 10.8. The fraction of sp³-hybridized carbons (Fsp3) is 0.500. The molecule has 23 heavy (non-hydrogen) atoms. The molecule has 0 aliphatic heterocycles. The largest absolute Gasteiger partial charge is 0.466 e. The molecule has 9 nitrogen and oxygen atoms in total. The molecule has 11 heteroatoms. The third-order valence-electron chi connectivity index (χ3n) is 2.59. The standard InChI is InChI=1S/C12H21N3O2S.H3O4P/c1-10-9-11(3-4-12(10)13)5-6-14-7-8-15-18(2,16)17;1-5(2,3)4/h3-4,9,14-15H,5-8,13H2,1-2H3;(H3,1,2,3,4). The molecule has 0 aliphatic carbocycles. The highest BCUT2D eigenvalue weighted by Gasteiger charge is 2.00. The van der Waals surface area contributed by atoms with Crippen molar-refractivity contribution in [3.8, 4) is 0 Å². The van der Waals surface area contributed by atoms with Crippen LogP contribution in [0, 0.1) is 6.92 Å². The Bertz CT molecular complexity index is 623. The molecular formula is C12H24N3O6PS. The monoisotopic (exact) mass is 369 g/mol. The Hall–Kier alpha value is -1.00. The van der Waals surface area contributed by atoms with Gasteiger partial charge in [0.05, 0.1) is 6.26 Å². The number of nitrogen functional groups attached to an aromatic ring is 1. The second-order valence-electron chi connectivity index (χ2n) is 4.87. The lowest BCUT2D eigenvalue weighted by Gasteiger charge is -2.07. The van der Waals surface area contributed by atoms with Gasteiger partial charge in [-0.2, -0.15) is 0 Å². The molecule has 0 heterocycles. The van der Waals surface area contributed by atoms with Gasteiger partial charge in [0, 0.05) is 18.8 Å².